The Morgan fingerprint density at radius 3 is 2.40 bits per heavy atom. The standard InChI is InChI=1S/C16H25NO3/c1-4-17(5-2)11-16(20-14(3)18)13-19-12-15-9-7-6-8-10-15/h6-10,16H,4-5,11-13H2,1-3H3. The maximum atomic E-state index is 11.1. The van der Waals surface area contributed by atoms with Gasteiger partial charge in [-0.25, -0.2) is 0 Å². The zero-order chi connectivity index (χ0) is 14.8. The van der Waals surface area contributed by atoms with Gasteiger partial charge >= 0.3 is 5.97 Å². The first-order valence-corrected chi connectivity index (χ1v) is 7.16. The molecule has 1 unspecified atom stereocenters. The summed E-state index contributed by atoms with van der Waals surface area (Å²) in [4.78, 5) is 13.4. The van der Waals surface area contributed by atoms with Crippen LogP contribution in [0.1, 0.15) is 26.3 Å². The lowest BCUT2D eigenvalue weighted by Crippen LogP contribution is -2.37. The third-order valence-corrected chi connectivity index (χ3v) is 3.10. The fraction of sp³-hybridized carbons (Fsp3) is 0.562. The van der Waals surface area contributed by atoms with E-state index in [-0.39, 0.29) is 12.1 Å². The highest BCUT2D eigenvalue weighted by Crippen LogP contribution is 2.04. The van der Waals surface area contributed by atoms with Crippen LogP contribution in [0.4, 0.5) is 0 Å². The third-order valence-electron chi connectivity index (χ3n) is 3.10. The van der Waals surface area contributed by atoms with Gasteiger partial charge in [0.1, 0.15) is 6.10 Å². The number of benzene rings is 1. The number of carbonyl (C=O) groups excluding carboxylic acids is 1. The molecule has 0 aliphatic carbocycles. The summed E-state index contributed by atoms with van der Waals surface area (Å²) in [6.07, 6.45) is -0.212. The van der Waals surface area contributed by atoms with Crippen molar-refractivity contribution in [2.75, 3.05) is 26.2 Å². The summed E-state index contributed by atoms with van der Waals surface area (Å²) in [6, 6.07) is 9.98. The first-order valence-electron chi connectivity index (χ1n) is 7.16. The number of hydrogen-bond acceptors (Lipinski definition) is 4. The molecule has 0 aliphatic rings. The SMILES string of the molecule is CCN(CC)CC(COCc1ccccc1)OC(C)=O. The van der Waals surface area contributed by atoms with E-state index in [0.717, 1.165) is 18.7 Å². The van der Waals surface area contributed by atoms with E-state index < -0.39 is 0 Å². The molecule has 0 heterocycles. The predicted molar refractivity (Wildman–Crippen MR) is 79.4 cm³/mol. The van der Waals surface area contributed by atoms with Crippen LogP contribution < -0.4 is 0 Å². The maximum Gasteiger partial charge on any atom is 0.303 e. The number of ether oxygens (including phenoxy) is 2. The van der Waals surface area contributed by atoms with E-state index in [4.69, 9.17) is 9.47 Å². The monoisotopic (exact) mass is 279 g/mol. The fourth-order valence-corrected chi connectivity index (χ4v) is 2.01. The molecule has 4 nitrogen and oxygen atoms in total. The molecule has 0 saturated heterocycles. The number of likely N-dealkylation sites (N-methyl/N-ethyl adjacent to an activating group) is 1. The zero-order valence-electron chi connectivity index (χ0n) is 12.7. The molecule has 20 heavy (non-hydrogen) atoms. The average molecular weight is 279 g/mol. The predicted octanol–water partition coefficient (Wildman–Crippen LogP) is 2.48. The molecule has 112 valence electrons. The Kier molecular flexibility index (Phi) is 7.92. The first-order chi connectivity index (χ1) is 9.65. The van der Waals surface area contributed by atoms with Gasteiger partial charge in [-0.2, -0.15) is 0 Å². The summed E-state index contributed by atoms with van der Waals surface area (Å²) in [5.74, 6) is -0.259. The van der Waals surface area contributed by atoms with Gasteiger partial charge in [-0.3, -0.25) is 4.79 Å². The molecule has 0 N–H and O–H groups in total. The van der Waals surface area contributed by atoms with Crippen LogP contribution in [0, 0.1) is 0 Å². The van der Waals surface area contributed by atoms with E-state index in [2.05, 4.69) is 18.7 Å². The topological polar surface area (TPSA) is 38.8 Å². The van der Waals surface area contributed by atoms with Crippen LogP contribution in [-0.2, 0) is 20.9 Å². The Bertz CT molecular complexity index is 377. The van der Waals surface area contributed by atoms with Crippen molar-refractivity contribution < 1.29 is 14.3 Å². The minimum Gasteiger partial charge on any atom is -0.459 e. The Hall–Kier alpha value is -1.39. The third kappa shape index (κ3) is 6.68. The lowest BCUT2D eigenvalue weighted by Gasteiger charge is -2.24. The Balaban J connectivity index is 2.41. The molecule has 0 amide bonds. The summed E-state index contributed by atoms with van der Waals surface area (Å²) in [5.41, 5.74) is 1.12. The van der Waals surface area contributed by atoms with Crippen molar-refractivity contribution in [2.45, 2.75) is 33.5 Å². The number of rotatable bonds is 9. The number of esters is 1. The lowest BCUT2D eigenvalue weighted by molar-refractivity contribution is -0.150. The largest absolute Gasteiger partial charge is 0.459 e. The molecule has 1 aromatic rings. The van der Waals surface area contributed by atoms with E-state index in [1.165, 1.54) is 6.92 Å². The minimum absolute atomic E-state index is 0.212. The van der Waals surface area contributed by atoms with Gasteiger partial charge in [0.2, 0.25) is 0 Å². The normalized spacial score (nSPS) is 12.4. The van der Waals surface area contributed by atoms with Crippen molar-refractivity contribution >= 4 is 5.97 Å². The van der Waals surface area contributed by atoms with Crippen LogP contribution in [0.2, 0.25) is 0 Å². The molecule has 0 saturated carbocycles. The Labute approximate surface area is 121 Å². The molecule has 1 atom stereocenters. The molecule has 0 spiro atoms. The van der Waals surface area contributed by atoms with Gasteiger partial charge in [0.15, 0.2) is 0 Å². The highest BCUT2D eigenvalue weighted by atomic mass is 16.6. The van der Waals surface area contributed by atoms with Crippen molar-refractivity contribution in [1.29, 1.82) is 0 Å². The highest BCUT2D eigenvalue weighted by Gasteiger charge is 2.15. The van der Waals surface area contributed by atoms with Crippen LogP contribution in [0.5, 0.6) is 0 Å². The van der Waals surface area contributed by atoms with E-state index in [0.29, 0.717) is 19.8 Å². The fourth-order valence-electron chi connectivity index (χ4n) is 2.01. The molecular formula is C16H25NO3. The zero-order valence-corrected chi connectivity index (χ0v) is 12.7. The molecule has 4 heteroatoms. The molecular weight excluding hydrogens is 254 g/mol. The van der Waals surface area contributed by atoms with E-state index >= 15 is 0 Å². The molecule has 0 radical (unpaired) electrons. The van der Waals surface area contributed by atoms with E-state index in [1.807, 2.05) is 30.3 Å². The van der Waals surface area contributed by atoms with Crippen LogP contribution in [0.3, 0.4) is 0 Å². The summed E-state index contributed by atoms with van der Waals surface area (Å²) < 4.78 is 11.0. The van der Waals surface area contributed by atoms with Crippen LogP contribution >= 0.6 is 0 Å². The average Bonchev–Trinajstić information content (AvgIpc) is 2.45. The van der Waals surface area contributed by atoms with Crippen molar-refractivity contribution in [1.82, 2.24) is 4.90 Å². The molecule has 1 aromatic carbocycles. The molecule has 0 bridgehead atoms. The molecule has 0 aliphatic heterocycles. The Morgan fingerprint density at radius 2 is 1.85 bits per heavy atom. The van der Waals surface area contributed by atoms with E-state index in [9.17, 15) is 4.79 Å². The van der Waals surface area contributed by atoms with Gasteiger partial charge in [-0.05, 0) is 18.7 Å². The second-order valence-corrected chi connectivity index (χ2v) is 4.72. The first kappa shape index (κ1) is 16.7. The van der Waals surface area contributed by atoms with E-state index in [1.54, 1.807) is 0 Å². The summed E-state index contributed by atoms with van der Waals surface area (Å²) in [5, 5.41) is 0. The number of nitrogens with zero attached hydrogens (tertiary/aromatic N) is 1. The molecule has 0 aromatic heterocycles. The number of hydrogen-bond donors (Lipinski definition) is 0. The summed E-state index contributed by atoms with van der Waals surface area (Å²) in [7, 11) is 0. The highest BCUT2D eigenvalue weighted by molar-refractivity contribution is 5.66. The van der Waals surface area contributed by atoms with Gasteiger partial charge < -0.3 is 14.4 Å². The van der Waals surface area contributed by atoms with Crippen molar-refractivity contribution in [2.24, 2.45) is 0 Å². The lowest BCUT2D eigenvalue weighted by atomic mass is 10.2. The van der Waals surface area contributed by atoms with Crippen LogP contribution in [0.15, 0.2) is 30.3 Å². The second kappa shape index (κ2) is 9.50. The van der Waals surface area contributed by atoms with Crippen molar-refractivity contribution in [3.8, 4) is 0 Å². The molecule has 1 rings (SSSR count). The van der Waals surface area contributed by atoms with Gasteiger partial charge in [0.25, 0.3) is 0 Å². The van der Waals surface area contributed by atoms with Crippen molar-refractivity contribution in [3.05, 3.63) is 35.9 Å². The van der Waals surface area contributed by atoms with Crippen molar-refractivity contribution in [3.63, 3.8) is 0 Å². The summed E-state index contributed by atoms with van der Waals surface area (Å²) >= 11 is 0. The van der Waals surface area contributed by atoms with Crippen LogP contribution in [0.25, 0.3) is 0 Å². The maximum absolute atomic E-state index is 11.1. The second-order valence-electron chi connectivity index (χ2n) is 4.72. The molecule has 0 fully saturated rings. The van der Waals surface area contributed by atoms with Gasteiger partial charge in [-0.15, -0.1) is 0 Å². The Morgan fingerprint density at radius 1 is 1.20 bits per heavy atom. The smallest absolute Gasteiger partial charge is 0.303 e. The van der Waals surface area contributed by atoms with Crippen LogP contribution in [-0.4, -0.2) is 43.2 Å². The summed E-state index contributed by atoms with van der Waals surface area (Å²) in [6.45, 7) is 9.17. The van der Waals surface area contributed by atoms with Gasteiger partial charge in [0, 0.05) is 13.5 Å². The number of carbonyl (C=O) groups is 1. The van der Waals surface area contributed by atoms with Gasteiger partial charge in [-0.1, -0.05) is 44.2 Å². The minimum atomic E-state index is -0.259. The van der Waals surface area contributed by atoms with Gasteiger partial charge in [0.05, 0.1) is 13.2 Å². The quantitative estimate of drug-likeness (QED) is 0.651.